The fourth-order valence-electron chi connectivity index (χ4n) is 10.8. The molecule has 0 radical (unpaired) electrons. The summed E-state index contributed by atoms with van der Waals surface area (Å²) in [5.74, 6) is 7.52. The summed E-state index contributed by atoms with van der Waals surface area (Å²) < 4.78 is 0. The first-order valence-corrected chi connectivity index (χ1v) is 19.0. The molecular formula is C42H62. The first kappa shape index (κ1) is 30.5. The molecule has 0 heteroatoms. The van der Waals surface area contributed by atoms with E-state index in [-0.39, 0.29) is 0 Å². The minimum Gasteiger partial charge on any atom is -0.0654 e. The van der Waals surface area contributed by atoms with Crippen molar-refractivity contribution in [2.45, 2.75) is 154 Å². The van der Waals surface area contributed by atoms with Gasteiger partial charge in [-0.15, -0.1) is 0 Å². The molecule has 8 unspecified atom stereocenters. The van der Waals surface area contributed by atoms with Crippen LogP contribution >= 0.6 is 0 Å². The number of fused-ring (bicyclic) bond motifs is 4. The van der Waals surface area contributed by atoms with Gasteiger partial charge in [-0.05, 0) is 108 Å². The summed E-state index contributed by atoms with van der Waals surface area (Å²) in [7, 11) is 0. The van der Waals surface area contributed by atoms with Gasteiger partial charge in [-0.1, -0.05) is 152 Å². The van der Waals surface area contributed by atoms with Gasteiger partial charge < -0.3 is 0 Å². The van der Waals surface area contributed by atoms with Crippen LogP contribution in [0.15, 0.2) is 48.5 Å². The molecule has 8 atom stereocenters. The summed E-state index contributed by atoms with van der Waals surface area (Å²) in [4.78, 5) is 0. The molecular weight excluding hydrogens is 504 g/mol. The molecule has 0 nitrogen and oxygen atoms in total. The number of hydrogen-bond donors (Lipinski definition) is 0. The Hall–Kier alpha value is -1.56. The fraction of sp³-hybridized carbons (Fsp3) is 0.714. The highest BCUT2D eigenvalue weighted by Crippen LogP contribution is 2.60. The lowest BCUT2D eigenvalue weighted by molar-refractivity contribution is 0.301. The zero-order valence-corrected chi connectivity index (χ0v) is 27.4. The largest absolute Gasteiger partial charge is 0.0654 e. The standard InChI is InChI=1S/C42H62/c1-3-5-7-9-11-13-15-35-29-37-25-27-39(35)41(37)33-21-17-31(18-22-33)32-19-23-34(24-20-32)42-38-26-28-40(42)36(30-38)16-14-12-10-8-6-4-2/h17-24,35-42H,3-16,25-30H2,1-2H3. The van der Waals surface area contributed by atoms with E-state index in [1.165, 1.54) is 140 Å². The number of hydrogen-bond acceptors (Lipinski definition) is 0. The van der Waals surface area contributed by atoms with Gasteiger partial charge in [-0.2, -0.15) is 0 Å². The van der Waals surface area contributed by atoms with Crippen LogP contribution in [0.3, 0.4) is 0 Å². The van der Waals surface area contributed by atoms with Crippen molar-refractivity contribution < 1.29 is 0 Å². The summed E-state index contributed by atoms with van der Waals surface area (Å²) in [6, 6.07) is 19.8. The number of benzene rings is 2. The third kappa shape index (κ3) is 6.89. The smallest absolute Gasteiger partial charge is 0.0103 e. The molecule has 4 bridgehead atoms. The molecule has 0 saturated heterocycles. The second kappa shape index (κ2) is 14.9. The lowest BCUT2D eigenvalue weighted by Crippen LogP contribution is -2.12. The van der Waals surface area contributed by atoms with Crippen LogP contribution in [-0.2, 0) is 0 Å². The minimum absolute atomic E-state index is 0.841. The molecule has 4 aliphatic carbocycles. The molecule has 6 rings (SSSR count). The second-order valence-electron chi connectivity index (χ2n) is 15.4. The van der Waals surface area contributed by atoms with Crippen LogP contribution in [0.1, 0.15) is 165 Å². The monoisotopic (exact) mass is 566 g/mol. The van der Waals surface area contributed by atoms with Crippen LogP contribution in [-0.4, -0.2) is 0 Å². The zero-order chi connectivity index (χ0) is 28.7. The van der Waals surface area contributed by atoms with E-state index >= 15 is 0 Å². The van der Waals surface area contributed by atoms with E-state index in [2.05, 4.69) is 62.4 Å². The van der Waals surface area contributed by atoms with Crippen molar-refractivity contribution in [1.82, 2.24) is 0 Å². The van der Waals surface area contributed by atoms with Gasteiger partial charge in [0.15, 0.2) is 0 Å². The average molecular weight is 567 g/mol. The second-order valence-corrected chi connectivity index (χ2v) is 15.4. The van der Waals surface area contributed by atoms with Crippen molar-refractivity contribution in [3.63, 3.8) is 0 Å². The predicted molar refractivity (Wildman–Crippen MR) is 182 cm³/mol. The third-order valence-corrected chi connectivity index (χ3v) is 12.9. The Balaban J connectivity index is 1.01. The van der Waals surface area contributed by atoms with Crippen LogP contribution in [0.25, 0.3) is 11.1 Å². The lowest BCUT2D eigenvalue weighted by Gasteiger charge is -2.23. The van der Waals surface area contributed by atoms with E-state index in [0.717, 1.165) is 47.3 Å². The molecule has 0 amide bonds. The maximum absolute atomic E-state index is 2.51. The molecule has 230 valence electrons. The number of unbranched alkanes of at least 4 members (excludes halogenated alkanes) is 10. The van der Waals surface area contributed by atoms with E-state index in [1.807, 2.05) is 0 Å². The zero-order valence-electron chi connectivity index (χ0n) is 27.4. The Morgan fingerprint density at radius 2 is 0.833 bits per heavy atom. The van der Waals surface area contributed by atoms with E-state index in [9.17, 15) is 0 Å². The Bertz CT molecular complexity index is 975. The van der Waals surface area contributed by atoms with Gasteiger partial charge in [0.2, 0.25) is 0 Å². The molecule has 2 aromatic rings. The summed E-state index contributed by atoms with van der Waals surface area (Å²) >= 11 is 0. The molecule has 0 spiro atoms. The van der Waals surface area contributed by atoms with Gasteiger partial charge in [0.1, 0.15) is 0 Å². The lowest BCUT2D eigenvalue weighted by atomic mass is 9.82. The SMILES string of the molecule is CCCCCCCCC1CC2CCC1C2c1ccc(-c2ccc(C3C4CCC3C(CCCCCCCC)C4)cc2)cc1. The van der Waals surface area contributed by atoms with Crippen molar-refractivity contribution in [1.29, 1.82) is 0 Å². The molecule has 4 aliphatic rings. The van der Waals surface area contributed by atoms with Gasteiger partial charge in [0.25, 0.3) is 0 Å². The molecule has 0 heterocycles. The average Bonchev–Trinajstić information content (AvgIpc) is 3.80. The van der Waals surface area contributed by atoms with Crippen molar-refractivity contribution in [3.8, 4) is 11.1 Å². The van der Waals surface area contributed by atoms with Crippen molar-refractivity contribution in [3.05, 3.63) is 59.7 Å². The van der Waals surface area contributed by atoms with Crippen LogP contribution < -0.4 is 0 Å². The first-order valence-electron chi connectivity index (χ1n) is 19.0. The van der Waals surface area contributed by atoms with Gasteiger partial charge in [-0.3, -0.25) is 0 Å². The Morgan fingerprint density at radius 1 is 0.452 bits per heavy atom. The maximum atomic E-state index is 2.51. The highest BCUT2D eigenvalue weighted by molar-refractivity contribution is 5.64. The van der Waals surface area contributed by atoms with Crippen molar-refractivity contribution >= 4 is 0 Å². The minimum atomic E-state index is 0.841. The fourth-order valence-corrected chi connectivity index (χ4v) is 10.8. The van der Waals surface area contributed by atoms with Crippen molar-refractivity contribution in [2.24, 2.45) is 35.5 Å². The van der Waals surface area contributed by atoms with Gasteiger partial charge in [0, 0.05) is 0 Å². The topological polar surface area (TPSA) is 0 Å². The summed E-state index contributed by atoms with van der Waals surface area (Å²) in [5.41, 5.74) is 6.11. The molecule has 0 N–H and O–H groups in total. The van der Waals surface area contributed by atoms with Gasteiger partial charge >= 0.3 is 0 Å². The van der Waals surface area contributed by atoms with Crippen LogP contribution in [0.4, 0.5) is 0 Å². The van der Waals surface area contributed by atoms with E-state index < -0.39 is 0 Å². The summed E-state index contributed by atoms with van der Waals surface area (Å²) in [5, 5.41) is 0. The molecule has 42 heavy (non-hydrogen) atoms. The highest BCUT2D eigenvalue weighted by atomic mass is 14.5. The molecule has 4 saturated carbocycles. The third-order valence-electron chi connectivity index (χ3n) is 12.9. The molecule has 0 aromatic heterocycles. The number of rotatable bonds is 17. The quantitative estimate of drug-likeness (QED) is 0.167. The summed E-state index contributed by atoms with van der Waals surface area (Å²) in [6.07, 6.45) is 29.2. The Morgan fingerprint density at radius 3 is 1.24 bits per heavy atom. The maximum Gasteiger partial charge on any atom is -0.0103 e. The van der Waals surface area contributed by atoms with Crippen LogP contribution in [0.2, 0.25) is 0 Å². The molecule has 4 fully saturated rings. The summed E-state index contributed by atoms with van der Waals surface area (Å²) in [6.45, 7) is 4.65. The first-order chi connectivity index (χ1) is 20.8. The van der Waals surface area contributed by atoms with Crippen LogP contribution in [0, 0.1) is 35.5 Å². The van der Waals surface area contributed by atoms with Crippen LogP contribution in [0.5, 0.6) is 0 Å². The normalized spacial score (nSPS) is 31.4. The highest BCUT2D eigenvalue weighted by Gasteiger charge is 2.48. The Labute approximate surface area is 259 Å². The van der Waals surface area contributed by atoms with Gasteiger partial charge in [-0.25, -0.2) is 0 Å². The Kier molecular flexibility index (Phi) is 10.8. The van der Waals surface area contributed by atoms with E-state index in [1.54, 1.807) is 11.1 Å². The van der Waals surface area contributed by atoms with E-state index in [0.29, 0.717) is 0 Å². The van der Waals surface area contributed by atoms with Gasteiger partial charge in [0.05, 0.1) is 0 Å². The van der Waals surface area contributed by atoms with E-state index in [4.69, 9.17) is 0 Å². The molecule has 0 aliphatic heterocycles. The predicted octanol–water partition coefficient (Wildman–Crippen LogP) is 13.1. The van der Waals surface area contributed by atoms with Crippen molar-refractivity contribution in [2.75, 3.05) is 0 Å². The molecule has 2 aromatic carbocycles.